The van der Waals surface area contributed by atoms with Gasteiger partial charge in [-0.2, -0.15) is 5.26 Å². The first-order chi connectivity index (χ1) is 3.31. The fraction of sp³-hybridized carbons (Fsp3) is 0.500. The van der Waals surface area contributed by atoms with Gasteiger partial charge in [0.25, 0.3) is 0 Å². The molecule has 0 aliphatic heterocycles. The zero-order chi connectivity index (χ0) is 5.70. The van der Waals surface area contributed by atoms with E-state index in [-0.39, 0.29) is 26.7 Å². The Bertz CT molecular complexity index is 112. The number of hydrogen-bond acceptors (Lipinski definition) is 3. The molecular weight excluding hydrogens is 101 g/mol. The summed E-state index contributed by atoms with van der Waals surface area (Å²) in [6, 6.07) is 1.64. The molecule has 0 atom stereocenters. The normalized spacial score (nSPS) is 6.00. The predicted molar refractivity (Wildman–Crippen MR) is 23.4 cm³/mol. The molecule has 0 amide bonds. The molecule has 0 bridgehead atoms. The van der Waals surface area contributed by atoms with Crippen LogP contribution in [0.15, 0.2) is 0 Å². The maximum Gasteiger partial charge on any atom is 1.00 e. The van der Waals surface area contributed by atoms with Crippen LogP contribution in [0.2, 0.25) is 0 Å². The first-order valence-corrected chi connectivity index (χ1v) is 1.75. The maximum absolute atomic E-state index is 9.97. The van der Waals surface area contributed by atoms with Crippen molar-refractivity contribution in [2.45, 2.75) is 6.42 Å². The molecule has 0 heterocycles. The Balaban J connectivity index is -0.000000180. The van der Waals surface area contributed by atoms with Crippen LogP contribution in [0.5, 0.6) is 0 Å². The SMILES string of the molecule is COC(=O)CC#N.[H-].[Li+]. The van der Waals surface area contributed by atoms with Crippen molar-refractivity contribution >= 4 is 5.97 Å². The van der Waals surface area contributed by atoms with Crippen LogP contribution in [-0.4, -0.2) is 13.1 Å². The Labute approximate surface area is 61.3 Å². The van der Waals surface area contributed by atoms with E-state index in [4.69, 9.17) is 5.26 Å². The largest absolute Gasteiger partial charge is 1.00 e. The van der Waals surface area contributed by atoms with Gasteiger partial charge in [0, 0.05) is 0 Å². The third-order valence-electron chi connectivity index (χ3n) is 0.451. The summed E-state index contributed by atoms with van der Waals surface area (Å²) in [6.07, 6.45) is -0.156. The third-order valence-corrected chi connectivity index (χ3v) is 0.451. The topological polar surface area (TPSA) is 50.1 Å². The van der Waals surface area contributed by atoms with Gasteiger partial charge in [0.2, 0.25) is 0 Å². The molecule has 0 N–H and O–H groups in total. The second kappa shape index (κ2) is 6.56. The zero-order valence-electron chi connectivity index (χ0n) is 5.97. The predicted octanol–water partition coefficient (Wildman–Crippen LogP) is -2.81. The molecule has 0 aromatic rings. The second-order valence-electron chi connectivity index (χ2n) is 0.911. The second-order valence-corrected chi connectivity index (χ2v) is 0.911. The molecule has 4 heteroatoms. The monoisotopic (exact) mass is 107 g/mol. The number of nitrogens with zero attached hydrogens (tertiary/aromatic N) is 1. The number of methoxy groups -OCH3 is 1. The minimum atomic E-state index is -0.484. The number of hydrogen-bond donors (Lipinski definition) is 0. The van der Waals surface area contributed by atoms with Gasteiger partial charge >= 0.3 is 24.8 Å². The zero-order valence-corrected chi connectivity index (χ0v) is 4.97. The molecule has 0 aliphatic carbocycles. The van der Waals surface area contributed by atoms with Crippen LogP contribution in [0.3, 0.4) is 0 Å². The van der Waals surface area contributed by atoms with E-state index in [1.807, 2.05) is 0 Å². The van der Waals surface area contributed by atoms with E-state index in [1.54, 1.807) is 6.07 Å². The van der Waals surface area contributed by atoms with Crippen molar-refractivity contribution in [3.63, 3.8) is 0 Å². The fourth-order valence-corrected chi connectivity index (χ4v) is 0.137. The fourth-order valence-electron chi connectivity index (χ4n) is 0.137. The van der Waals surface area contributed by atoms with Gasteiger partial charge in [0.05, 0.1) is 13.2 Å². The summed E-state index contributed by atoms with van der Waals surface area (Å²) >= 11 is 0. The minimum Gasteiger partial charge on any atom is -1.00 e. The van der Waals surface area contributed by atoms with Crippen molar-refractivity contribution in [1.29, 1.82) is 5.26 Å². The maximum atomic E-state index is 9.97. The first-order valence-electron chi connectivity index (χ1n) is 1.75. The van der Waals surface area contributed by atoms with Crippen molar-refractivity contribution in [3.8, 4) is 6.07 Å². The molecule has 0 rings (SSSR count). The number of carbonyl (C=O) groups excluding carboxylic acids is 1. The van der Waals surface area contributed by atoms with Crippen molar-refractivity contribution in [2.75, 3.05) is 7.11 Å². The average molecular weight is 107 g/mol. The molecule has 0 fully saturated rings. The Morgan fingerprint density at radius 3 is 2.62 bits per heavy atom. The summed E-state index contributed by atoms with van der Waals surface area (Å²) in [5, 5.41) is 7.82. The average Bonchev–Trinajstić information content (AvgIpc) is 1.68. The standard InChI is InChI=1S/C4H5NO2.Li.H/c1-7-4(6)2-3-5;;/h2H2,1H3;;/q;+1;-1. The summed E-state index contributed by atoms with van der Waals surface area (Å²) in [7, 11) is 1.25. The summed E-state index contributed by atoms with van der Waals surface area (Å²) in [4.78, 5) is 9.97. The van der Waals surface area contributed by atoms with E-state index < -0.39 is 5.97 Å². The number of rotatable bonds is 1. The molecular formula is C4H6LiNO2. The van der Waals surface area contributed by atoms with E-state index >= 15 is 0 Å². The van der Waals surface area contributed by atoms with Gasteiger partial charge in [-0.3, -0.25) is 4.79 Å². The van der Waals surface area contributed by atoms with Crippen LogP contribution in [0.4, 0.5) is 0 Å². The van der Waals surface area contributed by atoms with E-state index in [9.17, 15) is 4.79 Å². The molecule has 0 saturated heterocycles. The van der Waals surface area contributed by atoms with Gasteiger partial charge in [-0.1, -0.05) is 0 Å². The van der Waals surface area contributed by atoms with Crippen LogP contribution >= 0.6 is 0 Å². The quantitative estimate of drug-likeness (QED) is 0.268. The summed E-state index contributed by atoms with van der Waals surface area (Å²) < 4.78 is 4.13. The van der Waals surface area contributed by atoms with Crippen molar-refractivity contribution in [1.82, 2.24) is 0 Å². The van der Waals surface area contributed by atoms with Crippen LogP contribution in [0, 0.1) is 11.3 Å². The summed E-state index contributed by atoms with van der Waals surface area (Å²) in [6.45, 7) is 0. The van der Waals surface area contributed by atoms with E-state index in [0.717, 1.165) is 0 Å². The van der Waals surface area contributed by atoms with Crippen LogP contribution < -0.4 is 18.9 Å². The summed E-state index contributed by atoms with van der Waals surface area (Å²) in [5.41, 5.74) is 0. The van der Waals surface area contributed by atoms with Gasteiger partial charge in [-0.15, -0.1) is 0 Å². The van der Waals surface area contributed by atoms with E-state index in [2.05, 4.69) is 4.74 Å². The molecule has 3 nitrogen and oxygen atoms in total. The van der Waals surface area contributed by atoms with Crippen LogP contribution in [0.25, 0.3) is 0 Å². The minimum absolute atomic E-state index is 0. The number of esters is 1. The Hall–Kier alpha value is -0.443. The first kappa shape index (κ1) is 10.5. The van der Waals surface area contributed by atoms with Crippen molar-refractivity contribution in [2.24, 2.45) is 0 Å². The molecule has 0 radical (unpaired) electrons. The van der Waals surface area contributed by atoms with Crippen molar-refractivity contribution < 1.29 is 29.8 Å². The number of nitriles is 1. The van der Waals surface area contributed by atoms with Crippen molar-refractivity contribution in [3.05, 3.63) is 0 Å². The molecule has 0 aliphatic rings. The molecule has 0 aromatic heterocycles. The molecule has 8 heavy (non-hydrogen) atoms. The molecule has 0 saturated carbocycles. The molecule has 0 aromatic carbocycles. The Kier molecular flexibility index (Phi) is 8.62. The Morgan fingerprint density at radius 1 is 2.00 bits per heavy atom. The summed E-state index contributed by atoms with van der Waals surface area (Å²) in [5.74, 6) is -0.484. The smallest absolute Gasteiger partial charge is 1.00 e. The molecule has 40 valence electrons. The number of carbonyl (C=O) groups is 1. The van der Waals surface area contributed by atoms with Crippen LogP contribution in [-0.2, 0) is 9.53 Å². The van der Waals surface area contributed by atoms with E-state index in [0.29, 0.717) is 0 Å². The van der Waals surface area contributed by atoms with E-state index in [1.165, 1.54) is 7.11 Å². The Morgan fingerprint density at radius 2 is 2.50 bits per heavy atom. The van der Waals surface area contributed by atoms with Crippen LogP contribution in [0.1, 0.15) is 7.85 Å². The van der Waals surface area contributed by atoms with Gasteiger partial charge in [0.1, 0.15) is 6.42 Å². The van der Waals surface area contributed by atoms with Gasteiger partial charge < -0.3 is 6.16 Å². The third kappa shape index (κ3) is 5.56. The van der Waals surface area contributed by atoms with Gasteiger partial charge in [-0.25, -0.2) is 0 Å². The van der Waals surface area contributed by atoms with Gasteiger partial charge in [-0.05, 0) is 0 Å². The van der Waals surface area contributed by atoms with Gasteiger partial charge in [0.15, 0.2) is 0 Å². The molecule has 0 unspecified atom stereocenters. The number of ether oxygens (including phenoxy) is 1. The molecule has 0 spiro atoms.